The van der Waals surface area contributed by atoms with E-state index in [9.17, 15) is 10.2 Å². The molecule has 2 N–H and O–H groups in total. The average Bonchev–Trinajstić information content (AvgIpc) is 3.23. The minimum atomic E-state index is -1.53. The molecule has 4 nitrogen and oxygen atoms in total. The molecule has 2 aliphatic rings. The largest absolute Gasteiger partial charge is 0.508 e. The molecule has 6 heteroatoms. The second-order valence-corrected chi connectivity index (χ2v) is 16.2. The Morgan fingerprint density at radius 1 is 0.974 bits per heavy atom. The van der Waals surface area contributed by atoms with Gasteiger partial charge in [-0.3, -0.25) is 0 Å². The minimum Gasteiger partial charge on any atom is -0.508 e. The summed E-state index contributed by atoms with van der Waals surface area (Å²) in [6.07, 6.45) is 5.90. The van der Waals surface area contributed by atoms with Crippen LogP contribution in [0.3, 0.4) is 0 Å². The van der Waals surface area contributed by atoms with Gasteiger partial charge in [-0.2, -0.15) is 0 Å². The van der Waals surface area contributed by atoms with Gasteiger partial charge in [-0.25, -0.2) is 0 Å². The molecule has 0 heterocycles. The summed E-state index contributed by atoms with van der Waals surface area (Å²) < 4.78 is 13.0. The number of ether oxygens (including phenoxy) is 1. The number of hydrogen-bond acceptors (Lipinski definition) is 4. The van der Waals surface area contributed by atoms with Crippen molar-refractivity contribution in [2.75, 3.05) is 12.5 Å². The highest BCUT2D eigenvalue weighted by molar-refractivity contribution is 6.48. The van der Waals surface area contributed by atoms with Gasteiger partial charge in [0.2, 0.25) is 0 Å². The summed E-state index contributed by atoms with van der Waals surface area (Å²) >= 11 is 5.80. The lowest BCUT2D eigenvalue weighted by Crippen LogP contribution is -2.63. The molecule has 39 heavy (non-hydrogen) atoms. The molecule has 0 radical (unpaired) electrons. The monoisotopic (exact) mass is 572 g/mol. The first-order valence-electron chi connectivity index (χ1n) is 14.9. The molecule has 0 spiro atoms. The molecule has 2 aromatic rings. The van der Waals surface area contributed by atoms with Crippen LogP contribution in [0.25, 0.3) is 0 Å². The number of halogens is 1. The molecule has 4 rings (SSSR count). The number of benzene rings is 2. The summed E-state index contributed by atoms with van der Waals surface area (Å²) in [5.41, 5.74) is 0.669. The molecule has 2 aromatic carbocycles. The van der Waals surface area contributed by atoms with E-state index >= 15 is 0 Å². The quantitative estimate of drug-likeness (QED) is 0.172. The second kappa shape index (κ2) is 12.1. The first-order valence-corrected chi connectivity index (χ1v) is 18.2. The molecule has 2 fully saturated rings. The molecule has 0 aromatic heterocycles. The van der Waals surface area contributed by atoms with Crippen molar-refractivity contribution in [3.05, 3.63) is 59.7 Å². The molecule has 216 valence electrons. The van der Waals surface area contributed by atoms with E-state index in [2.05, 4.69) is 40.8 Å². The zero-order valence-electron chi connectivity index (χ0n) is 24.8. The molecular weight excluding hydrogens is 524 g/mol. The number of phenolic OH excluding ortho intramolecular Hbond substituents is 1. The summed E-state index contributed by atoms with van der Waals surface area (Å²) in [4.78, 5) is 0. The molecular formula is C33H49ClO4Si. The van der Waals surface area contributed by atoms with Gasteiger partial charge in [0.15, 0.2) is 9.04 Å². The van der Waals surface area contributed by atoms with Gasteiger partial charge in [-0.1, -0.05) is 52.0 Å². The smallest absolute Gasteiger partial charge is 0.171 e. The van der Waals surface area contributed by atoms with Crippen molar-refractivity contribution in [2.24, 2.45) is 22.7 Å². The lowest BCUT2D eigenvalue weighted by molar-refractivity contribution is -0.200. The zero-order chi connectivity index (χ0) is 28.4. The van der Waals surface area contributed by atoms with Gasteiger partial charge in [0, 0.05) is 17.2 Å². The van der Waals surface area contributed by atoms with Crippen LogP contribution in [0.1, 0.15) is 83.3 Å². The van der Waals surface area contributed by atoms with E-state index in [4.69, 9.17) is 20.8 Å². The molecule has 2 aliphatic carbocycles. The number of alkyl halides is 1. The fourth-order valence-electron chi connectivity index (χ4n) is 7.88. The van der Waals surface area contributed by atoms with E-state index in [0.717, 1.165) is 55.4 Å². The van der Waals surface area contributed by atoms with Crippen LogP contribution in [0.4, 0.5) is 0 Å². The fraction of sp³-hybridized carbons (Fsp3) is 0.636. The van der Waals surface area contributed by atoms with Crippen LogP contribution in [0.5, 0.6) is 11.5 Å². The SMILES string of the molecule is C[SiH](C)OC1[C@@]2(C)[C@@H](CC[C@H]2C(C)(C)C)C[C@@H](c2ccc(O)cc2)[C@]1(O)c1ccc(OCCCCCCl)cc1. The van der Waals surface area contributed by atoms with Gasteiger partial charge >= 0.3 is 0 Å². The van der Waals surface area contributed by atoms with Crippen molar-refractivity contribution in [3.8, 4) is 11.5 Å². The molecule has 6 atom stereocenters. The van der Waals surface area contributed by atoms with Crippen LogP contribution in [0.2, 0.25) is 13.1 Å². The van der Waals surface area contributed by atoms with Gasteiger partial charge in [0.05, 0.1) is 12.7 Å². The highest BCUT2D eigenvalue weighted by Crippen LogP contribution is 2.67. The molecule has 1 unspecified atom stereocenters. The Kier molecular flexibility index (Phi) is 9.47. The van der Waals surface area contributed by atoms with E-state index in [0.29, 0.717) is 24.3 Å². The van der Waals surface area contributed by atoms with Crippen molar-refractivity contribution >= 4 is 20.6 Å². The van der Waals surface area contributed by atoms with Crippen molar-refractivity contribution in [3.63, 3.8) is 0 Å². The third kappa shape index (κ3) is 6.07. The lowest BCUT2D eigenvalue weighted by Gasteiger charge is -2.60. The van der Waals surface area contributed by atoms with E-state index < -0.39 is 14.6 Å². The number of phenols is 1. The van der Waals surface area contributed by atoms with Crippen molar-refractivity contribution in [1.29, 1.82) is 0 Å². The minimum absolute atomic E-state index is 0.108. The van der Waals surface area contributed by atoms with Crippen LogP contribution < -0.4 is 4.74 Å². The van der Waals surface area contributed by atoms with E-state index in [1.54, 1.807) is 12.1 Å². The Bertz CT molecular complexity index is 1070. The average molecular weight is 573 g/mol. The van der Waals surface area contributed by atoms with Crippen LogP contribution >= 0.6 is 11.6 Å². The fourth-order valence-corrected chi connectivity index (χ4v) is 9.12. The summed E-state index contributed by atoms with van der Waals surface area (Å²) in [5, 5.41) is 23.2. The normalized spacial score (nSPS) is 30.9. The number of aromatic hydroxyl groups is 1. The van der Waals surface area contributed by atoms with Gasteiger partial charge in [-0.15, -0.1) is 11.6 Å². The standard InChI is InChI=1S/C33H49ClO4Si/c1-31(2,3)29-19-14-25-22-28(23-10-15-26(35)16-11-23)33(36,30(32(25,29)4)38-39(5)6)24-12-17-27(18-13-24)37-21-9-7-8-20-34/h10-13,15-18,25,28-30,35-36,39H,7-9,14,19-22H2,1-6H3/t25-,28-,29-,30?,32-,33+/m0/s1. The summed E-state index contributed by atoms with van der Waals surface area (Å²) in [5.74, 6) is 2.50. The summed E-state index contributed by atoms with van der Waals surface area (Å²) in [6.45, 7) is 14.5. The van der Waals surface area contributed by atoms with Crippen LogP contribution in [-0.2, 0) is 10.0 Å². The Balaban J connectivity index is 1.78. The Hall–Kier alpha value is -1.53. The molecule has 0 aliphatic heterocycles. The predicted octanol–water partition coefficient (Wildman–Crippen LogP) is 8.00. The van der Waals surface area contributed by atoms with E-state index in [1.165, 1.54) is 0 Å². The summed E-state index contributed by atoms with van der Waals surface area (Å²) in [7, 11) is -1.53. The maximum Gasteiger partial charge on any atom is 0.171 e. The molecule has 0 bridgehead atoms. The second-order valence-electron chi connectivity index (χ2n) is 13.5. The Labute approximate surface area is 242 Å². The molecule has 2 saturated carbocycles. The van der Waals surface area contributed by atoms with Crippen LogP contribution in [-0.4, -0.2) is 37.8 Å². The highest BCUT2D eigenvalue weighted by Gasteiger charge is 2.66. The van der Waals surface area contributed by atoms with Crippen molar-refractivity contribution in [2.45, 2.75) is 96.9 Å². The number of unbranched alkanes of at least 4 members (excludes halogenated alkanes) is 2. The predicted molar refractivity (Wildman–Crippen MR) is 163 cm³/mol. The first-order chi connectivity index (χ1) is 18.4. The van der Waals surface area contributed by atoms with E-state index in [-0.39, 0.29) is 28.6 Å². The third-order valence-electron chi connectivity index (χ3n) is 9.56. The third-order valence-corrected chi connectivity index (χ3v) is 10.6. The lowest BCUT2D eigenvalue weighted by atomic mass is 9.50. The number of hydrogen-bond donors (Lipinski definition) is 2. The Morgan fingerprint density at radius 3 is 2.23 bits per heavy atom. The van der Waals surface area contributed by atoms with Crippen LogP contribution in [0.15, 0.2) is 48.5 Å². The highest BCUT2D eigenvalue weighted by atomic mass is 35.5. The maximum atomic E-state index is 13.2. The maximum absolute atomic E-state index is 13.2. The topological polar surface area (TPSA) is 58.9 Å². The van der Waals surface area contributed by atoms with Gasteiger partial charge in [0.1, 0.15) is 17.1 Å². The molecule has 0 amide bonds. The zero-order valence-corrected chi connectivity index (χ0v) is 26.7. The Morgan fingerprint density at radius 2 is 1.64 bits per heavy atom. The van der Waals surface area contributed by atoms with Gasteiger partial charge in [0.25, 0.3) is 0 Å². The summed E-state index contributed by atoms with van der Waals surface area (Å²) in [6, 6.07) is 15.5. The van der Waals surface area contributed by atoms with Gasteiger partial charge in [-0.05, 0) is 104 Å². The first kappa shape index (κ1) is 30.4. The van der Waals surface area contributed by atoms with Gasteiger partial charge < -0.3 is 19.4 Å². The number of aliphatic hydroxyl groups is 1. The molecule has 0 saturated heterocycles. The number of fused-ring (bicyclic) bond motifs is 1. The van der Waals surface area contributed by atoms with E-state index in [1.807, 2.05) is 36.4 Å². The van der Waals surface area contributed by atoms with Crippen molar-refractivity contribution in [1.82, 2.24) is 0 Å². The van der Waals surface area contributed by atoms with Crippen molar-refractivity contribution < 1.29 is 19.4 Å². The van der Waals surface area contributed by atoms with Crippen LogP contribution in [0, 0.1) is 22.7 Å². The number of rotatable bonds is 10.